The van der Waals surface area contributed by atoms with E-state index in [9.17, 15) is 4.79 Å². The lowest BCUT2D eigenvalue weighted by Gasteiger charge is -2.20. The Hall–Kier alpha value is -1.97. The van der Waals surface area contributed by atoms with Gasteiger partial charge in [0.05, 0.1) is 14.2 Å². The first kappa shape index (κ1) is 18.1. The Bertz CT molecular complexity index is 585. The van der Waals surface area contributed by atoms with Crippen molar-refractivity contribution >= 4 is 5.97 Å². The van der Waals surface area contributed by atoms with Crippen molar-refractivity contribution in [2.45, 2.75) is 47.0 Å². The molecule has 22 heavy (non-hydrogen) atoms. The number of carboxylic acid groups (broad SMARTS) is 1. The second kappa shape index (κ2) is 7.87. The summed E-state index contributed by atoms with van der Waals surface area (Å²) >= 11 is 0. The molecule has 4 heteroatoms. The van der Waals surface area contributed by atoms with Crippen LogP contribution < -0.4 is 9.47 Å². The molecule has 0 radical (unpaired) electrons. The summed E-state index contributed by atoms with van der Waals surface area (Å²) < 4.78 is 11.1. The van der Waals surface area contributed by atoms with Gasteiger partial charge in [-0.2, -0.15) is 0 Å². The molecule has 122 valence electrons. The Morgan fingerprint density at radius 2 is 1.55 bits per heavy atom. The van der Waals surface area contributed by atoms with Crippen LogP contribution in [-0.2, 0) is 11.2 Å². The number of allylic oxidation sites excluding steroid dienone is 2. The summed E-state index contributed by atoms with van der Waals surface area (Å²) in [5.74, 6) is 1.01. The van der Waals surface area contributed by atoms with Crippen molar-refractivity contribution in [3.8, 4) is 11.5 Å². The van der Waals surface area contributed by atoms with Gasteiger partial charge in [0.2, 0.25) is 0 Å². The van der Waals surface area contributed by atoms with Gasteiger partial charge in [0.1, 0.15) is 11.5 Å². The lowest BCUT2D eigenvalue weighted by atomic mass is 9.94. The van der Waals surface area contributed by atoms with Gasteiger partial charge in [-0.05, 0) is 57.2 Å². The van der Waals surface area contributed by atoms with Gasteiger partial charge >= 0.3 is 5.97 Å². The maximum absolute atomic E-state index is 10.6. The number of carboxylic acids is 1. The van der Waals surface area contributed by atoms with Crippen LogP contribution in [0.5, 0.6) is 11.5 Å². The van der Waals surface area contributed by atoms with Gasteiger partial charge in [-0.15, -0.1) is 0 Å². The minimum atomic E-state index is -0.769. The fourth-order valence-corrected chi connectivity index (χ4v) is 2.67. The molecule has 0 fully saturated rings. The monoisotopic (exact) mass is 306 g/mol. The van der Waals surface area contributed by atoms with E-state index in [0.717, 1.165) is 39.3 Å². The molecule has 0 aliphatic rings. The van der Waals surface area contributed by atoms with Crippen molar-refractivity contribution < 1.29 is 19.4 Å². The summed E-state index contributed by atoms with van der Waals surface area (Å²) in [5, 5.41) is 8.75. The molecule has 0 aliphatic carbocycles. The van der Waals surface area contributed by atoms with E-state index in [-0.39, 0.29) is 6.42 Å². The Morgan fingerprint density at radius 1 is 1.00 bits per heavy atom. The number of ether oxygens (including phenoxy) is 2. The minimum absolute atomic E-state index is 0.161. The lowest BCUT2D eigenvalue weighted by molar-refractivity contribution is -0.136. The first-order chi connectivity index (χ1) is 10.3. The third-order valence-corrected chi connectivity index (χ3v) is 4.11. The second-order valence-electron chi connectivity index (χ2n) is 5.57. The zero-order valence-electron chi connectivity index (χ0n) is 14.4. The third kappa shape index (κ3) is 4.03. The summed E-state index contributed by atoms with van der Waals surface area (Å²) in [6.07, 6.45) is 3.51. The van der Waals surface area contributed by atoms with E-state index in [1.807, 2.05) is 27.7 Å². The standard InChI is InChI=1S/C18H26O4/c1-11(8-10-16(19)20)7-9-15-14(4)17(21-5)12(2)13(3)18(15)22-6/h7H,8-10H2,1-6H3,(H,19,20). The zero-order valence-corrected chi connectivity index (χ0v) is 14.4. The average molecular weight is 306 g/mol. The van der Waals surface area contributed by atoms with Gasteiger partial charge in [0, 0.05) is 12.0 Å². The fourth-order valence-electron chi connectivity index (χ4n) is 2.67. The Labute approximate surface area is 132 Å². The van der Waals surface area contributed by atoms with Gasteiger partial charge in [-0.1, -0.05) is 11.6 Å². The topological polar surface area (TPSA) is 55.8 Å². The van der Waals surface area contributed by atoms with E-state index in [1.165, 1.54) is 0 Å². The van der Waals surface area contributed by atoms with Crippen LogP contribution in [0.4, 0.5) is 0 Å². The minimum Gasteiger partial charge on any atom is -0.496 e. The highest BCUT2D eigenvalue weighted by Crippen LogP contribution is 2.38. The molecule has 0 atom stereocenters. The summed E-state index contributed by atoms with van der Waals surface area (Å²) in [5.41, 5.74) is 5.41. The predicted molar refractivity (Wildman–Crippen MR) is 88.1 cm³/mol. The normalized spacial score (nSPS) is 11.5. The number of hydrogen-bond donors (Lipinski definition) is 1. The molecule has 0 aliphatic heterocycles. The van der Waals surface area contributed by atoms with Crippen molar-refractivity contribution in [3.05, 3.63) is 33.9 Å². The molecular formula is C18H26O4. The number of aliphatic carboxylic acids is 1. The maximum Gasteiger partial charge on any atom is 0.303 e. The Balaban J connectivity index is 3.15. The van der Waals surface area contributed by atoms with E-state index in [4.69, 9.17) is 14.6 Å². The van der Waals surface area contributed by atoms with Crippen LogP contribution in [0.2, 0.25) is 0 Å². The molecule has 1 aromatic carbocycles. The van der Waals surface area contributed by atoms with E-state index >= 15 is 0 Å². The first-order valence-electron chi connectivity index (χ1n) is 7.41. The SMILES string of the molecule is COc1c(C)c(C)c(OC)c(CC=C(C)CCC(=O)O)c1C. The maximum atomic E-state index is 10.6. The van der Waals surface area contributed by atoms with Gasteiger partial charge < -0.3 is 14.6 Å². The van der Waals surface area contributed by atoms with Crippen LogP contribution in [0.15, 0.2) is 11.6 Å². The largest absolute Gasteiger partial charge is 0.496 e. The van der Waals surface area contributed by atoms with Crippen LogP contribution in [0.3, 0.4) is 0 Å². The zero-order chi connectivity index (χ0) is 16.9. The van der Waals surface area contributed by atoms with Crippen LogP contribution in [0.25, 0.3) is 0 Å². The van der Waals surface area contributed by atoms with E-state index in [0.29, 0.717) is 12.8 Å². The predicted octanol–water partition coefficient (Wildman–Crippen LogP) is 3.98. The van der Waals surface area contributed by atoms with E-state index < -0.39 is 5.97 Å². The van der Waals surface area contributed by atoms with Crippen LogP contribution in [0.1, 0.15) is 42.0 Å². The molecular weight excluding hydrogens is 280 g/mol. The van der Waals surface area contributed by atoms with Gasteiger partial charge in [0.25, 0.3) is 0 Å². The van der Waals surface area contributed by atoms with E-state index in [2.05, 4.69) is 6.08 Å². The molecule has 1 N–H and O–H groups in total. The molecule has 0 heterocycles. The molecule has 4 nitrogen and oxygen atoms in total. The van der Waals surface area contributed by atoms with Crippen molar-refractivity contribution in [3.63, 3.8) is 0 Å². The molecule has 0 spiro atoms. The van der Waals surface area contributed by atoms with Gasteiger partial charge in [0.15, 0.2) is 0 Å². The summed E-state index contributed by atoms with van der Waals surface area (Å²) in [4.78, 5) is 10.6. The van der Waals surface area contributed by atoms with Crippen molar-refractivity contribution in [2.75, 3.05) is 14.2 Å². The molecule has 0 bridgehead atoms. The fraction of sp³-hybridized carbons (Fsp3) is 0.500. The van der Waals surface area contributed by atoms with Crippen LogP contribution in [0, 0.1) is 20.8 Å². The third-order valence-electron chi connectivity index (χ3n) is 4.11. The molecule has 0 saturated heterocycles. The van der Waals surface area contributed by atoms with E-state index in [1.54, 1.807) is 14.2 Å². The highest BCUT2D eigenvalue weighted by atomic mass is 16.5. The second-order valence-corrected chi connectivity index (χ2v) is 5.57. The van der Waals surface area contributed by atoms with Gasteiger partial charge in [-0.3, -0.25) is 4.79 Å². The van der Waals surface area contributed by atoms with Crippen molar-refractivity contribution in [1.82, 2.24) is 0 Å². The van der Waals surface area contributed by atoms with Crippen molar-refractivity contribution in [2.24, 2.45) is 0 Å². The number of benzene rings is 1. The molecule has 1 rings (SSSR count). The lowest BCUT2D eigenvalue weighted by Crippen LogP contribution is -2.03. The Morgan fingerprint density at radius 3 is 2.05 bits per heavy atom. The number of hydrogen-bond acceptors (Lipinski definition) is 3. The highest BCUT2D eigenvalue weighted by molar-refractivity contribution is 5.67. The highest BCUT2D eigenvalue weighted by Gasteiger charge is 2.17. The summed E-state index contributed by atoms with van der Waals surface area (Å²) in [7, 11) is 3.36. The molecule has 0 aromatic heterocycles. The number of methoxy groups -OCH3 is 2. The molecule has 0 amide bonds. The Kier molecular flexibility index (Phi) is 6.47. The molecule has 0 unspecified atom stereocenters. The quantitative estimate of drug-likeness (QED) is 0.774. The molecule has 0 saturated carbocycles. The number of rotatable bonds is 7. The van der Waals surface area contributed by atoms with Crippen molar-refractivity contribution in [1.29, 1.82) is 0 Å². The summed E-state index contributed by atoms with van der Waals surface area (Å²) in [6.45, 7) is 8.05. The average Bonchev–Trinajstić information content (AvgIpc) is 2.47. The smallest absolute Gasteiger partial charge is 0.303 e. The van der Waals surface area contributed by atoms with Crippen LogP contribution in [-0.4, -0.2) is 25.3 Å². The number of carbonyl (C=O) groups is 1. The summed E-state index contributed by atoms with van der Waals surface area (Å²) in [6, 6.07) is 0. The molecule has 1 aromatic rings. The van der Waals surface area contributed by atoms with Crippen LogP contribution >= 0.6 is 0 Å². The first-order valence-corrected chi connectivity index (χ1v) is 7.41. The van der Waals surface area contributed by atoms with Gasteiger partial charge in [-0.25, -0.2) is 0 Å².